The summed E-state index contributed by atoms with van der Waals surface area (Å²) in [7, 11) is 0. The van der Waals surface area contributed by atoms with Crippen molar-refractivity contribution in [1.82, 2.24) is 4.98 Å². The Balaban J connectivity index is 0.000000213. The van der Waals surface area contributed by atoms with Gasteiger partial charge in [0.1, 0.15) is 0 Å². The molecule has 72 valence electrons. The van der Waals surface area contributed by atoms with Gasteiger partial charge in [0.2, 0.25) is 0 Å². The molecular formula is C11H10FNO. The molecule has 14 heavy (non-hydrogen) atoms. The van der Waals surface area contributed by atoms with Crippen molar-refractivity contribution in [3.63, 3.8) is 0 Å². The van der Waals surface area contributed by atoms with E-state index in [9.17, 15) is 4.39 Å². The Hall–Kier alpha value is -1.77. The number of hydrogen-bond acceptors (Lipinski definition) is 2. The van der Waals surface area contributed by atoms with E-state index in [1.807, 2.05) is 30.5 Å². The topological polar surface area (TPSA) is 30.0 Å². The largest absolute Gasteiger partial charge is 0.298 e. The second kappa shape index (κ2) is 5.07. The number of para-hydroxylation sites is 1. The van der Waals surface area contributed by atoms with Gasteiger partial charge in [0, 0.05) is 18.5 Å². The van der Waals surface area contributed by atoms with Gasteiger partial charge in [-0.25, -0.2) is 0 Å². The first-order valence-corrected chi connectivity index (χ1v) is 4.16. The van der Waals surface area contributed by atoms with Gasteiger partial charge in [0.15, 0.2) is 0 Å². The van der Waals surface area contributed by atoms with Crippen molar-refractivity contribution < 1.29 is 9.18 Å². The lowest BCUT2D eigenvalue weighted by Crippen LogP contribution is -1.73. The van der Waals surface area contributed by atoms with E-state index in [2.05, 4.69) is 17.1 Å². The van der Waals surface area contributed by atoms with E-state index in [4.69, 9.17) is 4.79 Å². The van der Waals surface area contributed by atoms with Crippen molar-refractivity contribution in [3.8, 4) is 0 Å². The van der Waals surface area contributed by atoms with Crippen LogP contribution in [0.2, 0.25) is 0 Å². The molecule has 1 heterocycles. The monoisotopic (exact) mass is 191 g/mol. The third-order valence-corrected chi connectivity index (χ3v) is 1.51. The molecule has 1 aromatic carbocycles. The SMILES string of the molecule is CC(=O)F.c1ccc2ncccc2c1. The highest BCUT2D eigenvalue weighted by molar-refractivity contribution is 5.77. The summed E-state index contributed by atoms with van der Waals surface area (Å²) in [6, 6.07) is 10.8. The van der Waals surface area contributed by atoms with Crippen LogP contribution in [-0.4, -0.2) is 11.0 Å². The standard InChI is InChI=1S/C9H7N.C2H3FO/c1-2-6-9-8(4-1)5-3-7-10-9;1-2(3)4/h1-7H;1H3. The Morgan fingerprint density at radius 1 is 1.21 bits per heavy atom. The molecule has 3 heteroatoms. The fourth-order valence-corrected chi connectivity index (χ4v) is 1.02. The van der Waals surface area contributed by atoms with Crippen LogP contribution in [0.4, 0.5) is 4.39 Å². The molecule has 0 amide bonds. The Morgan fingerprint density at radius 3 is 2.43 bits per heavy atom. The van der Waals surface area contributed by atoms with Gasteiger partial charge in [-0.05, 0) is 12.1 Å². The van der Waals surface area contributed by atoms with Crippen molar-refractivity contribution in [2.75, 3.05) is 0 Å². The van der Waals surface area contributed by atoms with Gasteiger partial charge in [-0.1, -0.05) is 24.3 Å². The Kier molecular flexibility index (Phi) is 3.73. The number of nitrogens with zero attached hydrogens (tertiary/aromatic N) is 1. The summed E-state index contributed by atoms with van der Waals surface area (Å²) in [5.41, 5.74) is 1.06. The number of carbonyl (C=O) groups excluding carboxylic acids is 1. The smallest absolute Gasteiger partial charge is 0.262 e. The van der Waals surface area contributed by atoms with Gasteiger partial charge in [0.25, 0.3) is 6.04 Å². The molecule has 2 rings (SSSR count). The van der Waals surface area contributed by atoms with Gasteiger partial charge in [-0.3, -0.25) is 9.78 Å². The lowest BCUT2D eigenvalue weighted by Gasteiger charge is -1.91. The van der Waals surface area contributed by atoms with Crippen LogP contribution in [0.5, 0.6) is 0 Å². The first-order chi connectivity index (χ1) is 6.70. The zero-order chi connectivity index (χ0) is 10.4. The summed E-state index contributed by atoms with van der Waals surface area (Å²) in [6.07, 6.45) is 1.81. The molecule has 0 unspecified atom stereocenters. The average molecular weight is 191 g/mol. The minimum Gasteiger partial charge on any atom is -0.262 e. The highest BCUT2D eigenvalue weighted by Crippen LogP contribution is 2.07. The first-order valence-electron chi connectivity index (χ1n) is 4.16. The van der Waals surface area contributed by atoms with E-state index in [0.29, 0.717) is 0 Å². The number of carbonyl (C=O) groups is 1. The van der Waals surface area contributed by atoms with Gasteiger partial charge < -0.3 is 0 Å². The van der Waals surface area contributed by atoms with E-state index in [1.165, 1.54) is 5.39 Å². The molecule has 0 aliphatic carbocycles. The third-order valence-electron chi connectivity index (χ3n) is 1.51. The minimum absolute atomic E-state index is 0.861. The summed E-state index contributed by atoms with van der Waals surface area (Å²) >= 11 is 0. The van der Waals surface area contributed by atoms with Crippen LogP contribution in [0.25, 0.3) is 10.9 Å². The predicted octanol–water partition coefficient (Wildman–Crippen LogP) is 2.74. The minimum atomic E-state index is -1.33. The van der Waals surface area contributed by atoms with Crippen molar-refractivity contribution in [1.29, 1.82) is 0 Å². The Labute approximate surface area is 81.4 Å². The fourth-order valence-electron chi connectivity index (χ4n) is 1.02. The summed E-state index contributed by atoms with van der Waals surface area (Å²) in [4.78, 5) is 13.0. The van der Waals surface area contributed by atoms with Gasteiger partial charge in [-0.2, -0.15) is 4.39 Å². The second-order valence-electron chi connectivity index (χ2n) is 2.67. The zero-order valence-corrected chi connectivity index (χ0v) is 7.77. The molecule has 2 aromatic rings. The Bertz CT molecular complexity index is 359. The van der Waals surface area contributed by atoms with E-state index < -0.39 is 6.04 Å². The first kappa shape index (κ1) is 10.3. The van der Waals surface area contributed by atoms with Crippen molar-refractivity contribution in [2.45, 2.75) is 6.92 Å². The summed E-state index contributed by atoms with van der Waals surface area (Å²) in [5.74, 6) is 0. The lowest BCUT2D eigenvalue weighted by molar-refractivity contribution is -0.126. The number of hydrogen-bond donors (Lipinski definition) is 0. The van der Waals surface area contributed by atoms with Gasteiger partial charge >= 0.3 is 0 Å². The maximum Gasteiger partial charge on any atom is 0.298 e. The molecule has 0 saturated heterocycles. The van der Waals surface area contributed by atoms with Gasteiger partial charge in [-0.15, -0.1) is 0 Å². The molecule has 0 bridgehead atoms. The second-order valence-corrected chi connectivity index (χ2v) is 2.67. The number of rotatable bonds is 0. The number of aromatic nitrogens is 1. The molecule has 0 saturated carbocycles. The van der Waals surface area contributed by atoms with Crippen molar-refractivity contribution in [3.05, 3.63) is 42.6 Å². The molecular weight excluding hydrogens is 181 g/mol. The maximum absolute atomic E-state index is 10.4. The van der Waals surface area contributed by atoms with Crippen LogP contribution in [0, 0.1) is 0 Å². The van der Waals surface area contributed by atoms with Crippen LogP contribution in [0.3, 0.4) is 0 Å². The highest BCUT2D eigenvalue weighted by atomic mass is 19.1. The molecule has 0 aliphatic rings. The predicted molar refractivity (Wildman–Crippen MR) is 53.5 cm³/mol. The summed E-state index contributed by atoms with van der Waals surface area (Å²) < 4.78 is 10.4. The summed E-state index contributed by atoms with van der Waals surface area (Å²) in [5, 5.41) is 1.20. The summed E-state index contributed by atoms with van der Waals surface area (Å²) in [6.45, 7) is 0.861. The zero-order valence-electron chi connectivity index (χ0n) is 7.77. The average Bonchev–Trinajstić information content (AvgIpc) is 2.17. The number of halogens is 1. The lowest BCUT2D eigenvalue weighted by atomic mass is 10.2. The molecule has 2 nitrogen and oxygen atoms in total. The molecule has 0 aliphatic heterocycles. The fraction of sp³-hybridized carbons (Fsp3) is 0.0909. The Morgan fingerprint density at radius 2 is 1.79 bits per heavy atom. The molecule has 0 radical (unpaired) electrons. The van der Waals surface area contributed by atoms with Crippen molar-refractivity contribution in [2.24, 2.45) is 0 Å². The number of fused-ring (bicyclic) bond motifs is 1. The highest BCUT2D eigenvalue weighted by Gasteiger charge is 1.86. The number of pyridine rings is 1. The van der Waals surface area contributed by atoms with Crippen LogP contribution >= 0.6 is 0 Å². The van der Waals surface area contributed by atoms with Crippen LogP contribution in [0.1, 0.15) is 6.92 Å². The quantitative estimate of drug-likeness (QED) is 0.599. The third kappa shape index (κ3) is 3.31. The van der Waals surface area contributed by atoms with Gasteiger partial charge in [0.05, 0.1) is 5.52 Å². The van der Waals surface area contributed by atoms with E-state index in [-0.39, 0.29) is 0 Å². The normalized spacial score (nSPS) is 9.00. The van der Waals surface area contributed by atoms with Crippen LogP contribution in [0.15, 0.2) is 42.6 Å². The van der Waals surface area contributed by atoms with Crippen LogP contribution in [-0.2, 0) is 4.79 Å². The molecule has 0 N–H and O–H groups in total. The molecule has 0 spiro atoms. The van der Waals surface area contributed by atoms with E-state index in [1.54, 1.807) is 0 Å². The van der Waals surface area contributed by atoms with Crippen LogP contribution < -0.4 is 0 Å². The molecule has 0 fully saturated rings. The maximum atomic E-state index is 10.4. The number of benzene rings is 1. The van der Waals surface area contributed by atoms with Crippen molar-refractivity contribution >= 4 is 16.9 Å². The van der Waals surface area contributed by atoms with E-state index in [0.717, 1.165) is 12.4 Å². The molecule has 1 aromatic heterocycles. The molecule has 0 atom stereocenters. The van der Waals surface area contributed by atoms with E-state index >= 15 is 0 Å².